The Morgan fingerprint density at radius 3 is 2.50 bits per heavy atom. The minimum atomic E-state index is 0.104. The SMILES string of the molecule is O=C(c1ccc(Cl)cc1)N1CCC(N2CCN(c3nccc4ccccc34)CC2)C1. The standard InChI is InChI=1S/C24H25ClN4O/c25-20-7-5-19(6-8-20)24(30)29-12-10-21(17-29)27-13-15-28(16-14-27)23-22-4-2-1-3-18(22)9-11-26-23/h1-9,11,21H,10,12-17H2. The van der Waals surface area contributed by atoms with E-state index in [1.165, 1.54) is 10.8 Å². The molecule has 5 nitrogen and oxygen atoms in total. The number of hydrogen-bond acceptors (Lipinski definition) is 4. The number of aromatic nitrogens is 1. The Bertz CT molecular complexity index is 1040. The van der Waals surface area contributed by atoms with Gasteiger partial charge in [0.15, 0.2) is 0 Å². The van der Waals surface area contributed by atoms with Crippen LogP contribution in [-0.4, -0.2) is 66.0 Å². The molecule has 2 aliphatic heterocycles. The number of amides is 1. The van der Waals surface area contributed by atoms with Crippen molar-refractivity contribution >= 4 is 34.1 Å². The molecule has 30 heavy (non-hydrogen) atoms. The molecule has 1 atom stereocenters. The quantitative estimate of drug-likeness (QED) is 0.643. The highest BCUT2D eigenvalue weighted by molar-refractivity contribution is 6.30. The number of piperazine rings is 1. The smallest absolute Gasteiger partial charge is 0.253 e. The van der Waals surface area contributed by atoms with Crippen LogP contribution in [0.5, 0.6) is 0 Å². The first kappa shape index (κ1) is 19.3. The Morgan fingerprint density at radius 1 is 0.933 bits per heavy atom. The van der Waals surface area contributed by atoms with Gasteiger partial charge in [-0.3, -0.25) is 9.69 Å². The molecular weight excluding hydrogens is 396 g/mol. The van der Waals surface area contributed by atoms with Gasteiger partial charge in [0.05, 0.1) is 0 Å². The molecule has 2 aromatic carbocycles. The number of carbonyl (C=O) groups excluding carboxylic acids is 1. The second kappa shape index (κ2) is 8.25. The van der Waals surface area contributed by atoms with E-state index in [0.717, 1.165) is 51.5 Å². The summed E-state index contributed by atoms with van der Waals surface area (Å²) in [6, 6.07) is 18.1. The number of benzene rings is 2. The van der Waals surface area contributed by atoms with Crippen molar-refractivity contribution in [2.75, 3.05) is 44.2 Å². The van der Waals surface area contributed by atoms with Gasteiger partial charge >= 0.3 is 0 Å². The van der Waals surface area contributed by atoms with Crippen molar-refractivity contribution in [1.82, 2.24) is 14.8 Å². The topological polar surface area (TPSA) is 39.7 Å². The monoisotopic (exact) mass is 420 g/mol. The Morgan fingerprint density at radius 2 is 1.70 bits per heavy atom. The number of likely N-dealkylation sites (tertiary alicyclic amines) is 1. The van der Waals surface area contributed by atoms with Gasteiger partial charge < -0.3 is 9.80 Å². The molecule has 6 heteroatoms. The summed E-state index contributed by atoms with van der Waals surface area (Å²) in [7, 11) is 0. The summed E-state index contributed by atoms with van der Waals surface area (Å²) in [6.07, 6.45) is 2.94. The van der Waals surface area contributed by atoms with Crippen LogP contribution in [0, 0.1) is 0 Å². The minimum absolute atomic E-state index is 0.104. The molecule has 1 amide bonds. The number of hydrogen-bond donors (Lipinski definition) is 0. The van der Waals surface area contributed by atoms with Gasteiger partial charge in [0.1, 0.15) is 5.82 Å². The van der Waals surface area contributed by atoms with Crippen molar-refractivity contribution < 1.29 is 4.79 Å². The fraction of sp³-hybridized carbons (Fsp3) is 0.333. The second-order valence-corrected chi connectivity index (χ2v) is 8.52. The van der Waals surface area contributed by atoms with Crippen LogP contribution < -0.4 is 4.90 Å². The van der Waals surface area contributed by atoms with Gasteiger partial charge in [-0.15, -0.1) is 0 Å². The van der Waals surface area contributed by atoms with E-state index in [9.17, 15) is 4.79 Å². The van der Waals surface area contributed by atoms with Crippen molar-refractivity contribution in [3.63, 3.8) is 0 Å². The molecule has 0 bridgehead atoms. The Kier molecular flexibility index (Phi) is 5.32. The molecule has 2 saturated heterocycles. The molecule has 3 heterocycles. The van der Waals surface area contributed by atoms with E-state index in [1.54, 1.807) is 12.1 Å². The van der Waals surface area contributed by atoms with Crippen molar-refractivity contribution in [3.8, 4) is 0 Å². The molecule has 154 valence electrons. The normalized spacial score (nSPS) is 20.1. The van der Waals surface area contributed by atoms with E-state index >= 15 is 0 Å². The lowest BCUT2D eigenvalue weighted by molar-refractivity contribution is 0.0775. The lowest BCUT2D eigenvalue weighted by Crippen LogP contribution is -2.51. The molecular formula is C24H25ClN4O. The van der Waals surface area contributed by atoms with Gasteiger partial charge in [-0.2, -0.15) is 0 Å². The van der Waals surface area contributed by atoms with Gasteiger partial charge in [0.25, 0.3) is 5.91 Å². The maximum absolute atomic E-state index is 12.8. The summed E-state index contributed by atoms with van der Waals surface area (Å²) in [5.74, 6) is 1.19. The van der Waals surface area contributed by atoms with Gasteiger partial charge in [-0.25, -0.2) is 4.98 Å². The van der Waals surface area contributed by atoms with Crippen LogP contribution in [0.3, 0.4) is 0 Å². The van der Waals surface area contributed by atoms with E-state index in [2.05, 4.69) is 45.1 Å². The lowest BCUT2D eigenvalue weighted by Gasteiger charge is -2.38. The van der Waals surface area contributed by atoms with E-state index in [1.807, 2.05) is 23.2 Å². The first-order valence-corrected chi connectivity index (χ1v) is 10.9. The molecule has 0 N–H and O–H groups in total. The van der Waals surface area contributed by atoms with Crippen LogP contribution in [0.2, 0.25) is 5.02 Å². The first-order chi connectivity index (χ1) is 14.7. The number of halogens is 1. The molecule has 5 rings (SSSR count). The Labute approximate surface area is 181 Å². The van der Waals surface area contributed by atoms with Crippen molar-refractivity contribution in [1.29, 1.82) is 0 Å². The average molecular weight is 421 g/mol. The number of fused-ring (bicyclic) bond motifs is 1. The average Bonchev–Trinajstić information content (AvgIpc) is 3.29. The molecule has 2 aliphatic rings. The highest BCUT2D eigenvalue weighted by Crippen LogP contribution is 2.26. The highest BCUT2D eigenvalue weighted by atomic mass is 35.5. The van der Waals surface area contributed by atoms with Gasteiger partial charge in [0.2, 0.25) is 0 Å². The fourth-order valence-electron chi connectivity index (χ4n) is 4.65. The van der Waals surface area contributed by atoms with Crippen molar-refractivity contribution in [2.45, 2.75) is 12.5 Å². The fourth-order valence-corrected chi connectivity index (χ4v) is 4.78. The summed E-state index contributed by atoms with van der Waals surface area (Å²) in [6.45, 7) is 5.54. The van der Waals surface area contributed by atoms with Crippen LogP contribution in [0.1, 0.15) is 16.8 Å². The third-order valence-electron chi connectivity index (χ3n) is 6.32. The molecule has 1 unspecified atom stereocenters. The molecule has 2 fully saturated rings. The Hall–Kier alpha value is -2.63. The molecule has 0 spiro atoms. The van der Waals surface area contributed by atoms with Gasteiger partial charge in [-0.05, 0) is 42.1 Å². The number of carbonyl (C=O) groups is 1. The van der Waals surface area contributed by atoms with Crippen LogP contribution in [0.4, 0.5) is 5.82 Å². The number of pyridine rings is 1. The van der Waals surface area contributed by atoms with Crippen LogP contribution >= 0.6 is 11.6 Å². The van der Waals surface area contributed by atoms with Gasteiger partial charge in [-0.1, -0.05) is 35.9 Å². The molecule has 0 saturated carbocycles. The molecule has 3 aromatic rings. The van der Waals surface area contributed by atoms with Crippen molar-refractivity contribution in [2.24, 2.45) is 0 Å². The lowest BCUT2D eigenvalue weighted by atomic mass is 10.1. The third-order valence-corrected chi connectivity index (χ3v) is 6.58. The zero-order valence-electron chi connectivity index (χ0n) is 16.9. The van der Waals surface area contributed by atoms with Crippen LogP contribution in [0.25, 0.3) is 10.8 Å². The second-order valence-electron chi connectivity index (χ2n) is 8.08. The zero-order chi connectivity index (χ0) is 20.5. The molecule has 0 radical (unpaired) electrons. The van der Waals surface area contributed by atoms with E-state index in [4.69, 9.17) is 11.6 Å². The van der Waals surface area contributed by atoms with Gasteiger partial charge in [0, 0.05) is 67.5 Å². The summed E-state index contributed by atoms with van der Waals surface area (Å²) >= 11 is 5.95. The zero-order valence-corrected chi connectivity index (χ0v) is 17.6. The Balaban J connectivity index is 1.21. The summed E-state index contributed by atoms with van der Waals surface area (Å²) in [5, 5.41) is 3.11. The van der Waals surface area contributed by atoms with Crippen LogP contribution in [-0.2, 0) is 0 Å². The number of nitrogens with zero attached hydrogens (tertiary/aromatic N) is 4. The molecule has 0 aliphatic carbocycles. The predicted octanol–water partition coefficient (Wildman–Crippen LogP) is 3.92. The predicted molar refractivity (Wildman–Crippen MR) is 121 cm³/mol. The molecule has 1 aromatic heterocycles. The van der Waals surface area contributed by atoms with E-state index < -0.39 is 0 Å². The van der Waals surface area contributed by atoms with Crippen LogP contribution in [0.15, 0.2) is 60.8 Å². The first-order valence-electron chi connectivity index (χ1n) is 10.6. The summed E-state index contributed by atoms with van der Waals surface area (Å²) < 4.78 is 0. The maximum Gasteiger partial charge on any atom is 0.253 e. The maximum atomic E-state index is 12.8. The van der Waals surface area contributed by atoms with E-state index in [-0.39, 0.29) is 5.91 Å². The summed E-state index contributed by atoms with van der Waals surface area (Å²) in [4.78, 5) is 24.4. The number of rotatable bonds is 3. The third kappa shape index (κ3) is 3.75. The van der Waals surface area contributed by atoms with E-state index in [0.29, 0.717) is 16.6 Å². The summed E-state index contributed by atoms with van der Waals surface area (Å²) in [5.41, 5.74) is 0.715. The highest BCUT2D eigenvalue weighted by Gasteiger charge is 2.32. The van der Waals surface area contributed by atoms with Crippen molar-refractivity contribution in [3.05, 3.63) is 71.4 Å². The minimum Gasteiger partial charge on any atom is -0.354 e. The largest absolute Gasteiger partial charge is 0.354 e. The number of anilines is 1.